The van der Waals surface area contributed by atoms with E-state index in [-0.39, 0.29) is 0 Å². The minimum Gasteiger partial charge on any atom is -0.388 e. The Balaban J connectivity index is 2.76. The van der Waals surface area contributed by atoms with Gasteiger partial charge in [0.2, 0.25) is 0 Å². The summed E-state index contributed by atoms with van der Waals surface area (Å²) in [5.41, 5.74) is 0.953. The molecule has 0 radical (unpaired) electrons. The summed E-state index contributed by atoms with van der Waals surface area (Å²) < 4.78 is 28.4. The maximum atomic E-state index is 11.7. The molecular weight excluding hydrogens is 238 g/mol. The van der Waals surface area contributed by atoms with Gasteiger partial charge in [-0.2, -0.15) is 13.1 Å². The van der Waals surface area contributed by atoms with Crippen LogP contribution in [0.15, 0.2) is 24.3 Å². The maximum absolute atomic E-state index is 11.7. The van der Waals surface area contributed by atoms with E-state index in [2.05, 4.69) is 14.8 Å². The third-order valence-electron chi connectivity index (χ3n) is 1.87. The lowest BCUT2D eigenvalue weighted by Gasteiger charge is -2.20. The average Bonchev–Trinajstić information content (AvgIpc) is 2.14. The van der Waals surface area contributed by atoms with Crippen LogP contribution in [-0.2, 0) is 10.2 Å². The second-order valence-electron chi connectivity index (χ2n) is 4.78. The Morgan fingerprint density at radius 2 is 1.47 bits per heavy atom. The van der Waals surface area contributed by atoms with E-state index in [4.69, 9.17) is 0 Å². The quantitative estimate of drug-likeness (QED) is 0.770. The summed E-state index contributed by atoms with van der Waals surface area (Å²) in [7, 11) is -1.73. The van der Waals surface area contributed by atoms with Gasteiger partial charge in [-0.25, -0.2) is 0 Å². The summed E-state index contributed by atoms with van der Waals surface area (Å²) in [5.74, 6) is 0. The molecule has 6 heteroatoms. The van der Waals surface area contributed by atoms with Gasteiger partial charge in [0.25, 0.3) is 10.2 Å². The van der Waals surface area contributed by atoms with E-state index < -0.39 is 15.7 Å². The van der Waals surface area contributed by atoms with Crippen molar-refractivity contribution in [1.29, 1.82) is 0 Å². The first kappa shape index (κ1) is 13.8. The summed E-state index contributed by atoms with van der Waals surface area (Å²) in [6.45, 7) is 5.36. The van der Waals surface area contributed by atoms with Crippen molar-refractivity contribution in [2.75, 3.05) is 17.1 Å². The van der Waals surface area contributed by atoms with Crippen molar-refractivity contribution in [3.8, 4) is 0 Å². The SMILES string of the molecule is CNc1ccc(NS(=O)(=O)NC(C)(C)C)cc1. The van der Waals surface area contributed by atoms with Crippen LogP contribution >= 0.6 is 0 Å². The van der Waals surface area contributed by atoms with Crippen molar-refractivity contribution in [3.05, 3.63) is 24.3 Å². The van der Waals surface area contributed by atoms with Crippen LogP contribution in [-0.4, -0.2) is 21.0 Å². The Kier molecular flexibility index (Phi) is 4.00. The van der Waals surface area contributed by atoms with Crippen LogP contribution in [0.5, 0.6) is 0 Å². The Morgan fingerprint density at radius 1 is 1.00 bits per heavy atom. The number of rotatable bonds is 4. The molecule has 0 saturated carbocycles. The topological polar surface area (TPSA) is 70.2 Å². The molecule has 1 aromatic rings. The highest BCUT2D eigenvalue weighted by Crippen LogP contribution is 2.14. The highest BCUT2D eigenvalue weighted by molar-refractivity contribution is 7.90. The zero-order chi connectivity index (χ0) is 13.1. The predicted octanol–water partition coefficient (Wildman–Crippen LogP) is 1.77. The van der Waals surface area contributed by atoms with Crippen molar-refractivity contribution >= 4 is 21.6 Å². The number of hydrogen-bond donors (Lipinski definition) is 3. The van der Waals surface area contributed by atoms with Gasteiger partial charge in [0.1, 0.15) is 0 Å². The molecule has 0 saturated heterocycles. The fourth-order valence-corrected chi connectivity index (χ4v) is 2.59. The number of hydrogen-bond acceptors (Lipinski definition) is 3. The van der Waals surface area contributed by atoms with Crippen molar-refractivity contribution in [3.63, 3.8) is 0 Å². The van der Waals surface area contributed by atoms with Crippen molar-refractivity contribution < 1.29 is 8.42 Å². The van der Waals surface area contributed by atoms with E-state index in [0.717, 1.165) is 5.69 Å². The Labute approximate surface area is 103 Å². The summed E-state index contributed by atoms with van der Waals surface area (Å²) in [6, 6.07) is 7.01. The van der Waals surface area contributed by atoms with Gasteiger partial charge < -0.3 is 5.32 Å². The van der Waals surface area contributed by atoms with E-state index >= 15 is 0 Å². The van der Waals surface area contributed by atoms with Crippen molar-refractivity contribution in [1.82, 2.24) is 4.72 Å². The molecule has 0 amide bonds. The molecule has 0 aromatic heterocycles. The first-order valence-corrected chi connectivity index (χ1v) is 6.80. The molecule has 0 aliphatic carbocycles. The average molecular weight is 257 g/mol. The predicted molar refractivity (Wildman–Crippen MR) is 71.4 cm³/mol. The van der Waals surface area contributed by atoms with Crippen LogP contribution < -0.4 is 14.8 Å². The van der Waals surface area contributed by atoms with Crippen LogP contribution in [0.1, 0.15) is 20.8 Å². The molecule has 0 bridgehead atoms. The largest absolute Gasteiger partial charge is 0.388 e. The third-order valence-corrected chi connectivity index (χ3v) is 3.25. The normalized spacial score (nSPS) is 12.2. The van der Waals surface area contributed by atoms with Gasteiger partial charge in [0.05, 0.1) is 0 Å². The van der Waals surface area contributed by atoms with E-state index in [1.54, 1.807) is 52.1 Å². The molecule has 0 aliphatic rings. The highest BCUT2D eigenvalue weighted by atomic mass is 32.2. The molecule has 17 heavy (non-hydrogen) atoms. The molecule has 0 aliphatic heterocycles. The van der Waals surface area contributed by atoms with Gasteiger partial charge in [-0.3, -0.25) is 4.72 Å². The van der Waals surface area contributed by atoms with Gasteiger partial charge in [0.15, 0.2) is 0 Å². The molecule has 0 atom stereocenters. The lowest BCUT2D eigenvalue weighted by Crippen LogP contribution is -2.43. The fraction of sp³-hybridized carbons (Fsp3) is 0.455. The smallest absolute Gasteiger partial charge is 0.299 e. The molecule has 96 valence electrons. The van der Waals surface area contributed by atoms with Crippen LogP contribution in [0.25, 0.3) is 0 Å². The van der Waals surface area contributed by atoms with Gasteiger partial charge in [-0.05, 0) is 45.0 Å². The Hall–Kier alpha value is -1.27. The van der Waals surface area contributed by atoms with Gasteiger partial charge >= 0.3 is 0 Å². The Bertz CT molecular complexity index is 460. The van der Waals surface area contributed by atoms with E-state index in [9.17, 15) is 8.42 Å². The monoisotopic (exact) mass is 257 g/mol. The minimum absolute atomic E-state index is 0.503. The molecule has 5 nitrogen and oxygen atoms in total. The van der Waals surface area contributed by atoms with E-state index in [0.29, 0.717) is 5.69 Å². The minimum atomic E-state index is -3.53. The molecule has 0 spiro atoms. The number of nitrogens with one attached hydrogen (secondary N) is 3. The molecular formula is C11H19N3O2S. The summed E-state index contributed by atoms with van der Waals surface area (Å²) >= 11 is 0. The summed E-state index contributed by atoms with van der Waals surface area (Å²) in [4.78, 5) is 0. The van der Waals surface area contributed by atoms with Crippen LogP contribution in [0.3, 0.4) is 0 Å². The summed E-state index contributed by atoms with van der Waals surface area (Å²) in [6.07, 6.45) is 0. The second-order valence-corrected chi connectivity index (χ2v) is 6.20. The lowest BCUT2D eigenvalue weighted by molar-refractivity contribution is 0.494. The molecule has 3 N–H and O–H groups in total. The highest BCUT2D eigenvalue weighted by Gasteiger charge is 2.19. The fourth-order valence-electron chi connectivity index (χ4n) is 1.29. The van der Waals surface area contributed by atoms with Gasteiger partial charge in [0, 0.05) is 24.0 Å². The Morgan fingerprint density at radius 3 is 1.88 bits per heavy atom. The number of anilines is 2. The maximum Gasteiger partial charge on any atom is 0.299 e. The first-order valence-electron chi connectivity index (χ1n) is 5.31. The lowest BCUT2D eigenvalue weighted by atomic mass is 10.1. The van der Waals surface area contributed by atoms with Crippen molar-refractivity contribution in [2.45, 2.75) is 26.3 Å². The van der Waals surface area contributed by atoms with E-state index in [1.165, 1.54) is 0 Å². The van der Waals surface area contributed by atoms with Gasteiger partial charge in [-0.1, -0.05) is 0 Å². The summed E-state index contributed by atoms with van der Waals surface area (Å²) in [5, 5.41) is 2.96. The number of benzene rings is 1. The zero-order valence-corrected chi connectivity index (χ0v) is 11.4. The molecule has 1 rings (SSSR count). The molecule has 0 unspecified atom stereocenters. The third kappa shape index (κ3) is 5.06. The molecule has 0 heterocycles. The standard InChI is InChI=1S/C11H19N3O2S/c1-11(2,3)14-17(15,16)13-10-7-5-9(12-4)6-8-10/h5-8,12-14H,1-4H3. The second kappa shape index (κ2) is 4.93. The van der Waals surface area contributed by atoms with Gasteiger partial charge in [-0.15, -0.1) is 0 Å². The van der Waals surface area contributed by atoms with Crippen LogP contribution in [0.2, 0.25) is 0 Å². The molecule has 0 fully saturated rings. The van der Waals surface area contributed by atoms with Crippen LogP contribution in [0.4, 0.5) is 11.4 Å². The first-order chi connectivity index (χ1) is 7.72. The van der Waals surface area contributed by atoms with Crippen LogP contribution in [0, 0.1) is 0 Å². The molecule has 1 aromatic carbocycles. The zero-order valence-electron chi connectivity index (χ0n) is 10.5. The van der Waals surface area contributed by atoms with Crippen molar-refractivity contribution in [2.24, 2.45) is 0 Å². The van der Waals surface area contributed by atoms with E-state index in [1.807, 2.05) is 0 Å².